The number of hydrogen-bond donors (Lipinski definition) is 1. The van der Waals surface area contributed by atoms with Crippen LogP contribution in [-0.2, 0) is 14.8 Å². The Morgan fingerprint density at radius 1 is 1.03 bits per heavy atom. The van der Waals surface area contributed by atoms with Gasteiger partial charge >= 0.3 is 0 Å². The number of carbonyl (C=O) groups excluding carboxylic acids is 1. The molecular formula is C23H31N3O4S. The molecule has 7 nitrogen and oxygen atoms in total. The van der Waals surface area contributed by atoms with E-state index in [1.54, 1.807) is 36.6 Å². The average Bonchev–Trinajstić information content (AvgIpc) is 3.35. The van der Waals surface area contributed by atoms with Crippen molar-refractivity contribution < 1.29 is 17.6 Å². The van der Waals surface area contributed by atoms with Gasteiger partial charge in [0.1, 0.15) is 5.76 Å². The van der Waals surface area contributed by atoms with Gasteiger partial charge in [-0.15, -0.1) is 0 Å². The van der Waals surface area contributed by atoms with E-state index in [4.69, 9.17) is 4.42 Å². The molecule has 2 saturated heterocycles. The third-order valence-electron chi connectivity index (χ3n) is 6.31. The van der Waals surface area contributed by atoms with Gasteiger partial charge in [0, 0.05) is 19.6 Å². The Bertz CT molecular complexity index is 940. The van der Waals surface area contributed by atoms with E-state index in [1.165, 1.54) is 10.7 Å². The van der Waals surface area contributed by atoms with Crippen molar-refractivity contribution in [2.24, 2.45) is 5.92 Å². The summed E-state index contributed by atoms with van der Waals surface area (Å²) < 4.78 is 33.0. The fourth-order valence-electron chi connectivity index (χ4n) is 4.58. The Balaban J connectivity index is 1.39. The van der Waals surface area contributed by atoms with Crippen molar-refractivity contribution >= 4 is 15.9 Å². The summed E-state index contributed by atoms with van der Waals surface area (Å²) in [5.41, 5.74) is 0. The highest BCUT2D eigenvalue weighted by molar-refractivity contribution is 7.89. The van der Waals surface area contributed by atoms with Gasteiger partial charge in [-0.3, -0.25) is 9.69 Å². The van der Waals surface area contributed by atoms with Gasteiger partial charge in [0.2, 0.25) is 15.9 Å². The van der Waals surface area contributed by atoms with Gasteiger partial charge in [-0.2, -0.15) is 4.31 Å². The maximum absolute atomic E-state index is 13.0. The molecular weight excluding hydrogens is 414 g/mol. The van der Waals surface area contributed by atoms with E-state index in [0.29, 0.717) is 25.9 Å². The molecule has 0 bridgehead atoms. The zero-order valence-electron chi connectivity index (χ0n) is 17.8. The summed E-state index contributed by atoms with van der Waals surface area (Å²) in [6.07, 6.45) is 6.59. The molecule has 2 unspecified atom stereocenters. The first kappa shape index (κ1) is 22.0. The van der Waals surface area contributed by atoms with Crippen LogP contribution in [0.15, 0.2) is 58.0 Å². The average molecular weight is 446 g/mol. The van der Waals surface area contributed by atoms with E-state index in [-0.39, 0.29) is 29.3 Å². The lowest BCUT2D eigenvalue weighted by Gasteiger charge is -2.34. The Morgan fingerprint density at radius 3 is 2.52 bits per heavy atom. The number of piperidine rings is 2. The number of carbonyl (C=O) groups is 1. The zero-order chi connectivity index (χ0) is 21.7. The topological polar surface area (TPSA) is 82.9 Å². The lowest BCUT2D eigenvalue weighted by Crippen LogP contribution is -2.47. The van der Waals surface area contributed by atoms with Gasteiger partial charge in [0.15, 0.2) is 0 Å². The maximum Gasteiger partial charge on any atom is 0.243 e. The molecule has 0 spiro atoms. The van der Waals surface area contributed by atoms with Crippen LogP contribution in [0.5, 0.6) is 0 Å². The Morgan fingerprint density at radius 2 is 1.81 bits per heavy atom. The number of nitrogens with one attached hydrogen (secondary N) is 1. The number of rotatable bonds is 7. The standard InChI is InChI=1S/C23H31N3O4S/c27-23(24-17-21(22-12-8-16-30-22)25-13-5-2-6-14-25)19-9-7-15-26(18-19)31(28,29)20-10-3-1-4-11-20/h1,3-4,8,10-12,16,19,21H,2,5-7,9,13-15,17-18H2,(H,24,27). The molecule has 2 atom stereocenters. The third kappa shape index (κ3) is 5.19. The van der Waals surface area contributed by atoms with Crippen molar-refractivity contribution in [1.82, 2.24) is 14.5 Å². The molecule has 31 heavy (non-hydrogen) atoms. The lowest BCUT2D eigenvalue weighted by atomic mass is 9.98. The fourth-order valence-corrected chi connectivity index (χ4v) is 6.12. The molecule has 2 aromatic rings. The fraction of sp³-hybridized carbons (Fsp3) is 0.522. The Hall–Kier alpha value is -2.16. The van der Waals surface area contributed by atoms with Crippen LogP contribution in [0.25, 0.3) is 0 Å². The quantitative estimate of drug-likeness (QED) is 0.708. The smallest absolute Gasteiger partial charge is 0.243 e. The van der Waals surface area contributed by atoms with Gasteiger partial charge in [-0.25, -0.2) is 8.42 Å². The van der Waals surface area contributed by atoms with E-state index in [9.17, 15) is 13.2 Å². The molecule has 2 aliphatic heterocycles. The van der Waals surface area contributed by atoms with Gasteiger partial charge in [0.25, 0.3) is 0 Å². The van der Waals surface area contributed by atoms with Gasteiger partial charge in [-0.1, -0.05) is 24.6 Å². The normalized spacial score (nSPS) is 22.1. The monoisotopic (exact) mass is 445 g/mol. The van der Waals surface area contributed by atoms with Crippen LogP contribution >= 0.6 is 0 Å². The predicted octanol–water partition coefficient (Wildman–Crippen LogP) is 3.02. The molecule has 1 N–H and O–H groups in total. The molecule has 2 fully saturated rings. The van der Waals surface area contributed by atoms with Crippen molar-refractivity contribution in [3.8, 4) is 0 Å². The molecule has 1 amide bonds. The SMILES string of the molecule is O=C(NCC(c1ccco1)N1CCCCC1)C1CCCN(S(=O)(=O)c2ccccc2)C1. The second-order valence-corrected chi connectivity index (χ2v) is 10.3. The molecule has 0 radical (unpaired) electrons. The van der Waals surface area contributed by atoms with Crippen molar-refractivity contribution in [2.75, 3.05) is 32.7 Å². The van der Waals surface area contributed by atoms with Crippen LogP contribution in [0, 0.1) is 5.92 Å². The highest BCUT2D eigenvalue weighted by Crippen LogP contribution is 2.26. The van der Waals surface area contributed by atoms with Gasteiger partial charge in [-0.05, 0) is 63.0 Å². The first-order valence-corrected chi connectivity index (χ1v) is 12.6. The molecule has 3 heterocycles. The van der Waals surface area contributed by atoms with Crippen LogP contribution in [-0.4, -0.2) is 56.3 Å². The van der Waals surface area contributed by atoms with Crippen molar-refractivity contribution in [2.45, 2.75) is 43.0 Å². The van der Waals surface area contributed by atoms with Crippen LogP contribution in [0.1, 0.15) is 43.9 Å². The third-order valence-corrected chi connectivity index (χ3v) is 8.19. The summed E-state index contributed by atoms with van der Waals surface area (Å²) in [5, 5.41) is 3.09. The summed E-state index contributed by atoms with van der Waals surface area (Å²) in [4.78, 5) is 15.6. The summed E-state index contributed by atoms with van der Waals surface area (Å²) in [6.45, 7) is 3.12. The second-order valence-electron chi connectivity index (χ2n) is 8.39. The Labute approximate surface area is 184 Å². The van der Waals surface area contributed by atoms with Gasteiger partial charge < -0.3 is 9.73 Å². The van der Waals surface area contributed by atoms with E-state index in [2.05, 4.69) is 10.2 Å². The Kier molecular flexibility index (Phi) is 7.09. The minimum absolute atomic E-state index is 0.00648. The summed E-state index contributed by atoms with van der Waals surface area (Å²) >= 11 is 0. The minimum atomic E-state index is -3.58. The number of furan rings is 1. The van der Waals surface area contributed by atoms with Crippen LogP contribution in [0.3, 0.4) is 0 Å². The van der Waals surface area contributed by atoms with Gasteiger partial charge in [0.05, 0.1) is 23.1 Å². The zero-order valence-corrected chi connectivity index (χ0v) is 18.6. The van der Waals surface area contributed by atoms with E-state index >= 15 is 0 Å². The van der Waals surface area contributed by atoms with Crippen molar-refractivity contribution in [1.29, 1.82) is 0 Å². The van der Waals surface area contributed by atoms with E-state index in [0.717, 1.165) is 31.7 Å². The number of amides is 1. The molecule has 1 aromatic carbocycles. The summed E-state index contributed by atoms with van der Waals surface area (Å²) in [6, 6.07) is 12.3. The second kappa shape index (κ2) is 9.97. The molecule has 2 aliphatic rings. The number of sulfonamides is 1. The summed E-state index contributed by atoms with van der Waals surface area (Å²) in [5.74, 6) is 0.437. The molecule has 1 aromatic heterocycles. The van der Waals surface area contributed by atoms with E-state index < -0.39 is 10.0 Å². The molecule has 0 aliphatic carbocycles. The number of likely N-dealkylation sites (tertiary alicyclic amines) is 1. The molecule has 8 heteroatoms. The lowest BCUT2D eigenvalue weighted by molar-refractivity contribution is -0.126. The van der Waals surface area contributed by atoms with E-state index in [1.807, 2.05) is 12.1 Å². The first-order valence-electron chi connectivity index (χ1n) is 11.2. The minimum Gasteiger partial charge on any atom is -0.468 e. The number of benzene rings is 1. The van der Waals surface area contributed by atoms with Crippen molar-refractivity contribution in [3.05, 3.63) is 54.5 Å². The highest BCUT2D eigenvalue weighted by atomic mass is 32.2. The number of hydrogen-bond acceptors (Lipinski definition) is 5. The largest absolute Gasteiger partial charge is 0.468 e. The molecule has 168 valence electrons. The maximum atomic E-state index is 13.0. The van der Waals surface area contributed by atoms with Crippen molar-refractivity contribution in [3.63, 3.8) is 0 Å². The molecule has 4 rings (SSSR count). The highest BCUT2D eigenvalue weighted by Gasteiger charge is 2.34. The van der Waals surface area contributed by atoms with Crippen LogP contribution in [0.2, 0.25) is 0 Å². The van der Waals surface area contributed by atoms with Crippen LogP contribution in [0.4, 0.5) is 0 Å². The summed E-state index contributed by atoms with van der Waals surface area (Å²) in [7, 11) is -3.58. The number of nitrogens with zero attached hydrogens (tertiary/aromatic N) is 2. The molecule has 0 saturated carbocycles. The van der Waals surface area contributed by atoms with Crippen LogP contribution < -0.4 is 5.32 Å². The predicted molar refractivity (Wildman–Crippen MR) is 118 cm³/mol. The first-order chi connectivity index (χ1) is 15.1.